The molecule has 0 saturated carbocycles. The van der Waals surface area contributed by atoms with Gasteiger partial charge >= 0.3 is 8.60 Å². The monoisotopic (exact) mass is 207 g/mol. The van der Waals surface area contributed by atoms with E-state index < -0.39 is 8.60 Å². The molecule has 5 nitrogen and oxygen atoms in total. The van der Waals surface area contributed by atoms with Gasteiger partial charge in [-0.2, -0.15) is 0 Å². The van der Waals surface area contributed by atoms with Gasteiger partial charge in [0.1, 0.15) is 12.4 Å². The molecule has 0 fully saturated rings. The van der Waals surface area contributed by atoms with Gasteiger partial charge in [0.25, 0.3) is 0 Å². The van der Waals surface area contributed by atoms with Gasteiger partial charge in [-0.3, -0.25) is 0 Å². The van der Waals surface area contributed by atoms with Crippen LogP contribution in [0, 0.1) is 0 Å². The first-order valence-corrected chi connectivity index (χ1v) is 4.99. The largest absolute Gasteiger partial charge is 0.328 e. The average molecular weight is 207 g/mol. The van der Waals surface area contributed by atoms with E-state index in [0.29, 0.717) is 0 Å². The van der Waals surface area contributed by atoms with Gasteiger partial charge in [-0.25, -0.2) is 9.13 Å². The van der Waals surface area contributed by atoms with Gasteiger partial charge in [-0.15, -0.1) is 0 Å². The van der Waals surface area contributed by atoms with E-state index in [4.69, 9.17) is 9.79 Å². The van der Waals surface area contributed by atoms with Crippen LogP contribution in [0.5, 0.6) is 0 Å². The molecule has 0 aliphatic carbocycles. The highest BCUT2D eigenvalue weighted by atomic mass is 31.2. The zero-order valence-electron chi connectivity index (χ0n) is 8.08. The summed E-state index contributed by atoms with van der Waals surface area (Å²) in [5.74, 6) is 0. The van der Waals surface area contributed by atoms with Gasteiger partial charge < -0.3 is 14.3 Å². The van der Waals surface area contributed by atoms with Crippen molar-refractivity contribution < 1.29 is 18.9 Å². The second-order valence-electron chi connectivity index (χ2n) is 2.34. The number of aromatic nitrogens is 2. The second-order valence-corrected chi connectivity index (χ2v) is 3.22. The first-order valence-electron chi connectivity index (χ1n) is 3.83. The number of hydrogen-bond donors (Lipinski definition) is 2. The van der Waals surface area contributed by atoms with E-state index in [0.717, 1.165) is 6.54 Å². The minimum atomic E-state index is -2.10. The molecule has 0 aliphatic rings. The predicted molar refractivity (Wildman–Crippen MR) is 49.6 cm³/mol. The molecular weight excluding hydrogens is 191 g/mol. The zero-order valence-corrected chi connectivity index (χ0v) is 8.98. The highest BCUT2D eigenvalue weighted by Gasteiger charge is 1.92. The Morgan fingerprint density at radius 3 is 2.23 bits per heavy atom. The summed E-state index contributed by atoms with van der Waals surface area (Å²) < 4.78 is 8.08. The van der Waals surface area contributed by atoms with Gasteiger partial charge in [0, 0.05) is 7.11 Å². The SMILES string of the molecule is CCn1cc[n+](C)c1.COP(O)O. The smallest absolute Gasteiger partial charge is 0.326 e. The lowest BCUT2D eigenvalue weighted by Gasteiger charge is -1.89. The molecule has 1 aromatic heterocycles. The molecule has 6 heteroatoms. The number of hydrogen-bond acceptors (Lipinski definition) is 3. The van der Waals surface area contributed by atoms with E-state index in [9.17, 15) is 0 Å². The van der Waals surface area contributed by atoms with Crippen LogP contribution in [-0.4, -0.2) is 21.5 Å². The van der Waals surface area contributed by atoms with E-state index in [2.05, 4.69) is 28.5 Å². The average Bonchev–Trinajstić information content (AvgIpc) is 2.52. The van der Waals surface area contributed by atoms with Crippen molar-refractivity contribution in [3.8, 4) is 0 Å². The molecule has 2 N–H and O–H groups in total. The van der Waals surface area contributed by atoms with E-state index in [-0.39, 0.29) is 0 Å². The summed E-state index contributed by atoms with van der Waals surface area (Å²) in [6.45, 7) is 3.18. The van der Waals surface area contributed by atoms with E-state index in [1.807, 2.05) is 17.8 Å². The summed E-state index contributed by atoms with van der Waals surface area (Å²) in [5.41, 5.74) is 0. The van der Waals surface area contributed by atoms with Crippen LogP contribution < -0.4 is 4.57 Å². The molecule has 0 unspecified atom stereocenters. The summed E-state index contributed by atoms with van der Waals surface area (Å²) in [7, 11) is 1.15. The van der Waals surface area contributed by atoms with E-state index in [1.165, 1.54) is 7.11 Å². The molecule has 0 atom stereocenters. The normalized spacial score (nSPS) is 9.69. The van der Waals surface area contributed by atoms with Crippen LogP contribution in [0.2, 0.25) is 0 Å². The lowest BCUT2D eigenvalue weighted by atomic mass is 10.7. The highest BCUT2D eigenvalue weighted by molar-refractivity contribution is 7.39. The van der Waals surface area contributed by atoms with E-state index in [1.54, 1.807) is 0 Å². The predicted octanol–water partition coefficient (Wildman–Crippen LogP) is 0.177. The Bertz CT molecular complexity index is 227. The van der Waals surface area contributed by atoms with Crippen molar-refractivity contribution in [2.75, 3.05) is 7.11 Å². The fourth-order valence-corrected chi connectivity index (χ4v) is 0.689. The minimum absolute atomic E-state index is 1.06. The first kappa shape index (κ1) is 12.5. The molecular formula is C7H16N2O3P+. The number of aryl methyl sites for hydroxylation is 2. The number of nitrogens with zero attached hydrogens (tertiary/aromatic N) is 2. The number of rotatable bonds is 2. The molecule has 1 heterocycles. The molecule has 0 bridgehead atoms. The molecule has 0 radical (unpaired) electrons. The molecule has 0 aromatic carbocycles. The third kappa shape index (κ3) is 6.66. The van der Waals surface area contributed by atoms with Crippen LogP contribution >= 0.6 is 8.60 Å². The molecule has 0 spiro atoms. The van der Waals surface area contributed by atoms with Gasteiger partial charge in [0.05, 0.1) is 13.6 Å². The number of imidazole rings is 1. The molecule has 1 aromatic rings. The topological polar surface area (TPSA) is 58.5 Å². The van der Waals surface area contributed by atoms with Crippen LogP contribution in [-0.2, 0) is 18.1 Å². The Morgan fingerprint density at radius 1 is 1.54 bits per heavy atom. The lowest BCUT2D eigenvalue weighted by Crippen LogP contribution is -2.23. The summed E-state index contributed by atoms with van der Waals surface area (Å²) in [5, 5.41) is 0. The maximum absolute atomic E-state index is 7.76. The van der Waals surface area contributed by atoms with Crippen molar-refractivity contribution in [3.05, 3.63) is 18.7 Å². The Morgan fingerprint density at radius 2 is 2.08 bits per heavy atom. The van der Waals surface area contributed by atoms with Crippen molar-refractivity contribution in [3.63, 3.8) is 0 Å². The van der Waals surface area contributed by atoms with Gasteiger partial charge in [-0.1, -0.05) is 0 Å². The summed E-state index contributed by atoms with van der Waals surface area (Å²) in [4.78, 5) is 15.5. The Balaban J connectivity index is 0.000000252. The first-order chi connectivity index (χ1) is 6.10. The Hall–Kier alpha value is -0.480. The van der Waals surface area contributed by atoms with Crippen molar-refractivity contribution in [1.82, 2.24) is 4.57 Å². The van der Waals surface area contributed by atoms with Crippen LogP contribution in [0.15, 0.2) is 18.7 Å². The van der Waals surface area contributed by atoms with Crippen LogP contribution in [0.25, 0.3) is 0 Å². The molecule has 1 rings (SSSR count). The maximum atomic E-state index is 7.76. The fraction of sp³-hybridized carbons (Fsp3) is 0.571. The quantitative estimate of drug-likeness (QED) is 0.537. The third-order valence-corrected chi connectivity index (χ3v) is 1.68. The summed E-state index contributed by atoms with van der Waals surface area (Å²) in [6, 6.07) is 0. The van der Waals surface area contributed by atoms with E-state index >= 15 is 0 Å². The molecule has 13 heavy (non-hydrogen) atoms. The third-order valence-electron chi connectivity index (χ3n) is 1.35. The summed E-state index contributed by atoms with van der Waals surface area (Å²) >= 11 is 0. The molecule has 0 aliphatic heterocycles. The lowest BCUT2D eigenvalue weighted by molar-refractivity contribution is -0.671. The van der Waals surface area contributed by atoms with Crippen molar-refractivity contribution in [1.29, 1.82) is 0 Å². The Kier molecular flexibility index (Phi) is 6.72. The van der Waals surface area contributed by atoms with Crippen molar-refractivity contribution in [2.24, 2.45) is 7.05 Å². The van der Waals surface area contributed by atoms with Gasteiger partial charge in [-0.05, 0) is 6.92 Å². The van der Waals surface area contributed by atoms with Gasteiger partial charge in [0.15, 0.2) is 0 Å². The molecule has 0 saturated heterocycles. The van der Waals surface area contributed by atoms with Gasteiger partial charge in [0.2, 0.25) is 6.33 Å². The minimum Gasteiger partial charge on any atom is -0.328 e. The van der Waals surface area contributed by atoms with Crippen LogP contribution in [0.3, 0.4) is 0 Å². The van der Waals surface area contributed by atoms with Crippen molar-refractivity contribution >= 4 is 8.60 Å². The standard InChI is InChI=1S/C6H11N2.CH5O3P/c1-3-8-5-4-7(2)6-8;1-4-5(2)3/h4-6H,3H2,1-2H3;2-3H,1H3/q+1;. The van der Waals surface area contributed by atoms with Crippen molar-refractivity contribution in [2.45, 2.75) is 13.5 Å². The molecule has 76 valence electrons. The highest BCUT2D eigenvalue weighted by Crippen LogP contribution is 2.20. The molecule has 0 amide bonds. The summed E-state index contributed by atoms with van der Waals surface area (Å²) in [6.07, 6.45) is 6.14. The van der Waals surface area contributed by atoms with Crippen LogP contribution in [0.4, 0.5) is 0 Å². The maximum Gasteiger partial charge on any atom is 0.326 e. The Labute approximate surface area is 79.2 Å². The zero-order chi connectivity index (χ0) is 10.3. The second kappa shape index (κ2) is 6.97. The van der Waals surface area contributed by atoms with Crippen LogP contribution in [0.1, 0.15) is 6.92 Å². The fourth-order valence-electron chi connectivity index (χ4n) is 0.689.